The third-order valence-electron chi connectivity index (χ3n) is 4.61. The minimum Gasteiger partial charge on any atom is -0.361 e. The molecule has 0 aliphatic heterocycles. The molecule has 1 saturated carbocycles. The molecule has 0 spiro atoms. The number of aromatic nitrogens is 3. The number of urea groups is 1. The second kappa shape index (κ2) is 7.45. The van der Waals surface area contributed by atoms with Crippen molar-refractivity contribution in [3.63, 3.8) is 0 Å². The Kier molecular flexibility index (Phi) is 4.88. The molecule has 0 unspecified atom stereocenters. The lowest BCUT2D eigenvalue weighted by atomic mass is 10.1. The molecule has 2 aromatic heterocycles. The number of hydrogen-bond acceptors (Lipinski definition) is 3. The molecule has 1 aliphatic rings. The monoisotopic (exact) mass is 369 g/mol. The van der Waals surface area contributed by atoms with Gasteiger partial charge in [-0.05, 0) is 42.0 Å². The van der Waals surface area contributed by atoms with E-state index in [4.69, 9.17) is 0 Å². The summed E-state index contributed by atoms with van der Waals surface area (Å²) >= 11 is 1.65. The predicted octanol–water partition coefficient (Wildman–Crippen LogP) is 3.37. The molecule has 0 radical (unpaired) electrons. The number of carbonyl (C=O) groups is 1. The fraction of sp³-hybridized carbons (Fsp3) is 0.368. The van der Waals surface area contributed by atoms with Gasteiger partial charge in [-0.15, -0.1) is 0 Å². The van der Waals surface area contributed by atoms with Gasteiger partial charge in [0, 0.05) is 56.0 Å². The summed E-state index contributed by atoms with van der Waals surface area (Å²) in [5.41, 5.74) is 2.30. The van der Waals surface area contributed by atoms with E-state index in [1.54, 1.807) is 18.0 Å². The van der Waals surface area contributed by atoms with Crippen LogP contribution in [0.15, 0.2) is 48.0 Å². The summed E-state index contributed by atoms with van der Waals surface area (Å²) in [6, 6.07) is 8.80. The van der Waals surface area contributed by atoms with Gasteiger partial charge >= 0.3 is 6.03 Å². The highest BCUT2D eigenvalue weighted by Crippen LogP contribution is 2.29. The number of nitrogens with zero attached hydrogens (tertiary/aromatic N) is 3. The van der Waals surface area contributed by atoms with Gasteiger partial charge in [0.1, 0.15) is 0 Å². The number of nitrogens with one attached hydrogen (secondary N) is 2. The van der Waals surface area contributed by atoms with Crippen LogP contribution in [-0.4, -0.2) is 43.8 Å². The first kappa shape index (κ1) is 17.0. The average molecular weight is 369 g/mol. The van der Waals surface area contributed by atoms with E-state index in [9.17, 15) is 4.79 Å². The Morgan fingerprint density at radius 1 is 1.42 bits per heavy atom. The van der Waals surface area contributed by atoms with E-state index in [0.717, 1.165) is 29.3 Å². The van der Waals surface area contributed by atoms with Crippen molar-refractivity contribution in [2.75, 3.05) is 12.3 Å². The predicted molar refractivity (Wildman–Crippen MR) is 104 cm³/mol. The van der Waals surface area contributed by atoms with Crippen LogP contribution in [0.25, 0.3) is 10.9 Å². The number of rotatable bonds is 7. The van der Waals surface area contributed by atoms with Crippen molar-refractivity contribution in [2.45, 2.75) is 30.6 Å². The Morgan fingerprint density at radius 3 is 3.08 bits per heavy atom. The standard InChI is InChI=1S/C19H23N5OS/c1-23-10-8-22-19(23)26-11-9-21-18(25)24(16-3-4-16)13-14-2-5-17-15(12-14)6-7-20-17/h2,5-8,10,12,16,20H,3-4,9,11,13H2,1H3,(H,21,25). The van der Waals surface area contributed by atoms with Crippen molar-refractivity contribution < 1.29 is 4.79 Å². The molecule has 2 amide bonds. The Bertz CT molecular complexity index is 898. The van der Waals surface area contributed by atoms with E-state index >= 15 is 0 Å². The lowest BCUT2D eigenvalue weighted by Gasteiger charge is -2.23. The molecule has 0 saturated heterocycles. The molecular weight excluding hydrogens is 346 g/mol. The number of imidazole rings is 1. The first-order valence-electron chi connectivity index (χ1n) is 8.91. The van der Waals surface area contributed by atoms with Gasteiger partial charge in [-0.25, -0.2) is 9.78 Å². The van der Waals surface area contributed by atoms with Gasteiger partial charge in [0.2, 0.25) is 0 Å². The third-order valence-corrected chi connectivity index (χ3v) is 5.67. The fourth-order valence-corrected chi connectivity index (χ4v) is 3.83. The van der Waals surface area contributed by atoms with Crippen LogP contribution in [0, 0.1) is 0 Å². The van der Waals surface area contributed by atoms with E-state index in [2.05, 4.69) is 39.6 Å². The third kappa shape index (κ3) is 3.88. The molecule has 26 heavy (non-hydrogen) atoms. The van der Waals surface area contributed by atoms with Gasteiger partial charge < -0.3 is 19.8 Å². The number of amides is 2. The summed E-state index contributed by atoms with van der Waals surface area (Å²) in [4.78, 5) is 22.1. The zero-order valence-corrected chi connectivity index (χ0v) is 15.6. The lowest BCUT2D eigenvalue weighted by Crippen LogP contribution is -2.41. The molecule has 7 heteroatoms. The summed E-state index contributed by atoms with van der Waals surface area (Å²) in [5.74, 6) is 0.810. The van der Waals surface area contributed by atoms with Crippen molar-refractivity contribution >= 4 is 28.7 Å². The number of fused-ring (bicyclic) bond motifs is 1. The van der Waals surface area contributed by atoms with E-state index < -0.39 is 0 Å². The first-order chi connectivity index (χ1) is 12.7. The molecule has 2 heterocycles. The molecule has 136 valence electrons. The van der Waals surface area contributed by atoms with Crippen LogP contribution in [0.2, 0.25) is 0 Å². The average Bonchev–Trinajstić information content (AvgIpc) is 3.23. The largest absolute Gasteiger partial charge is 0.361 e. The van der Waals surface area contributed by atoms with Gasteiger partial charge in [0.05, 0.1) is 0 Å². The summed E-state index contributed by atoms with van der Waals surface area (Å²) < 4.78 is 1.99. The molecule has 1 fully saturated rings. The van der Waals surface area contributed by atoms with Gasteiger partial charge in [-0.2, -0.15) is 0 Å². The van der Waals surface area contributed by atoms with Gasteiger partial charge in [0.15, 0.2) is 5.16 Å². The number of aromatic amines is 1. The zero-order chi connectivity index (χ0) is 17.9. The van der Waals surface area contributed by atoms with E-state index in [0.29, 0.717) is 19.1 Å². The lowest BCUT2D eigenvalue weighted by molar-refractivity contribution is 0.192. The Labute approximate surface area is 157 Å². The Hall–Kier alpha value is -2.41. The molecule has 4 rings (SSSR count). The fourth-order valence-electron chi connectivity index (χ4n) is 3.04. The quantitative estimate of drug-likeness (QED) is 0.496. The molecule has 0 atom stereocenters. The van der Waals surface area contributed by atoms with E-state index in [-0.39, 0.29) is 6.03 Å². The SMILES string of the molecule is Cn1ccnc1SCCNC(=O)N(Cc1ccc2[nH]ccc2c1)C1CC1. The first-order valence-corrected chi connectivity index (χ1v) is 9.90. The topological polar surface area (TPSA) is 66.0 Å². The number of H-pyrrole nitrogens is 1. The summed E-state index contributed by atoms with van der Waals surface area (Å²) in [7, 11) is 1.98. The van der Waals surface area contributed by atoms with Crippen LogP contribution in [0.1, 0.15) is 18.4 Å². The molecule has 0 bridgehead atoms. The Morgan fingerprint density at radius 2 is 2.31 bits per heavy atom. The van der Waals surface area contributed by atoms with Crippen LogP contribution in [0.4, 0.5) is 4.79 Å². The number of hydrogen-bond donors (Lipinski definition) is 2. The molecule has 2 N–H and O–H groups in total. The minimum absolute atomic E-state index is 0.0297. The van der Waals surface area contributed by atoms with Crippen LogP contribution in [-0.2, 0) is 13.6 Å². The smallest absolute Gasteiger partial charge is 0.317 e. The minimum atomic E-state index is 0.0297. The molecular formula is C19H23N5OS. The number of benzene rings is 1. The van der Waals surface area contributed by atoms with Gasteiger partial charge in [-0.3, -0.25) is 0 Å². The van der Waals surface area contributed by atoms with Crippen LogP contribution in [0.3, 0.4) is 0 Å². The number of aryl methyl sites for hydroxylation is 1. The normalized spacial score (nSPS) is 13.9. The van der Waals surface area contributed by atoms with Gasteiger partial charge in [-0.1, -0.05) is 17.8 Å². The molecule has 1 aromatic carbocycles. The van der Waals surface area contributed by atoms with Crippen molar-refractivity contribution in [3.8, 4) is 0 Å². The van der Waals surface area contributed by atoms with Crippen molar-refractivity contribution in [2.24, 2.45) is 7.05 Å². The highest BCUT2D eigenvalue weighted by molar-refractivity contribution is 7.99. The highest BCUT2D eigenvalue weighted by Gasteiger charge is 2.32. The molecule has 6 nitrogen and oxygen atoms in total. The summed E-state index contributed by atoms with van der Waals surface area (Å²) in [5, 5.41) is 5.22. The van der Waals surface area contributed by atoms with E-state index in [1.807, 2.05) is 28.9 Å². The number of carbonyl (C=O) groups excluding carboxylic acids is 1. The maximum atomic E-state index is 12.6. The maximum Gasteiger partial charge on any atom is 0.317 e. The molecule has 1 aliphatic carbocycles. The van der Waals surface area contributed by atoms with Crippen LogP contribution < -0.4 is 5.32 Å². The second-order valence-corrected chi connectivity index (χ2v) is 7.72. The number of thioether (sulfide) groups is 1. The second-order valence-electron chi connectivity index (χ2n) is 6.66. The Balaban J connectivity index is 1.32. The van der Waals surface area contributed by atoms with Crippen LogP contribution >= 0.6 is 11.8 Å². The van der Waals surface area contributed by atoms with Crippen LogP contribution in [0.5, 0.6) is 0 Å². The summed E-state index contributed by atoms with van der Waals surface area (Å²) in [6.45, 7) is 1.29. The zero-order valence-electron chi connectivity index (χ0n) is 14.8. The van der Waals surface area contributed by atoms with Gasteiger partial charge in [0.25, 0.3) is 0 Å². The van der Waals surface area contributed by atoms with Crippen molar-refractivity contribution in [3.05, 3.63) is 48.4 Å². The van der Waals surface area contributed by atoms with Crippen molar-refractivity contribution in [1.29, 1.82) is 0 Å². The molecule has 3 aromatic rings. The van der Waals surface area contributed by atoms with Crippen molar-refractivity contribution in [1.82, 2.24) is 24.8 Å². The highest BCUT2D eigenvalue weighted by atomic mass is 32.2. The van der Waals surface area contributed by atoms with E-state index in [1.165, 1.54) is 10.9 Å². The summed E-state index contributed by atoms with van der Waals surface area (Å²) in [6.07, 6.45) is 7.86. The maximum absolute atomic E-state index is 12.6.